The number of piperidine rings is 1. The van der Waals surface area contributed by atoms with Gasteiger partial charge in [0.2, 0.25) is 5.91 Å². The van der Waals surface area contributed by atoms with E-state index >= 15 is 0 Å². The zero-order valence-corrected chi connectivity index (χ0v) is 17.5. The predicted molar refractivity (Wildman–Crippen MR) is 112 cm³/mol. The van der Waals surface area contributed by atoms with Crippen LogP contribution in [0.2, 0.25) is 0 Å². The fourth-order valence-electron chi connectivity index (χ4n) is 3.96. The van der Waals surface area contributed by atoms with Crippen LogP contribution in [0.25, 0.3) is 0 Å². The summed E-state index contributed by atoms with van der Waals surface area (Å²) < 4.78 is 0. The number of nitrogens with zero attached hydrogens (tertiary/aromatic N) is 1. The summed E-state index contributed by atoms with van der Waals surface area (Å²) in [6, 6.07) is 8.13. The molecule has 2 rings (SSSR count). The van der Waals surface area contributed by atoms with Crippen molar-refractivity contribution in [3.63, 3.8) is 0 Å². The van der Waals surface area contributed by atoms with Gasteiger partial charge in [0.15, 0.2) is 5.78 Å². The molecular weight excluding hydrogens is 334 g/mol. The van der Waals surface area contributed by atoms with Crippen molar-refractivity contribution in [3.8, 4) is 0 Å². The summed E-state index contributed by atoms with van der Waals surface area (Å²) in [7, 11) is 0. The van der Waals surface area contributed by atoms with Crippen LogP contribution in [0.4, 0.5) is 0 Å². The van der Waals surface area contributed by atoms with E-state index in [0.717, 1.165) is 37.9 Å². The van der Waals surface area contributed by atoms with E-state index < -0.39 is 0 Å². The van der Waals surface area contributed by atoms with E-state index in [1.165, 1.54) is 37.7 Å². The second kappa shape index (κ2) is 11.3. The smallest absolute Gasteiger partial charge is 0.222 e. The number of Topliss-reactive ketones (excluding diaryl/α,β-unsaturated/α-hetero) is 1. The van der Waals surface area contributed by atoms with Crippen LogP contribution in [0.15, 0.2) is 24.3 Å². The van der Waals surface area contributed by atoms with Crippen LogP contribution >= 0.6 is 0 Å². The van der Waals surface area contributed by atoms with Crippen molar-refractivity contribution in [1.82, 2.24) is 4.90 Å². The van der Waals surface area contributed by atoms with E-state index in [0.29, 0.717) is 18.2 Å². The number of unbranched alkanes of at least 4 members (excludes halogenated alkanes) is 5. The molecule has 0 unspecified atom stereocenters. The molecule has 0 N–H and O–H groups in total. The van der Waals surface area contributed by atoms with Gasteiger partial charge >= 0.3 is 0 Å². The largest absolute Gasteiger partial charge is 0.343 e. The molecule has 3 nitrogen and oxygen atoms in total. The first-order chi connectivity index (χ1) is 13.0. The molecule has 1 aliphatic heterocycles. The fourth-order valence-corrected chi connectivity index (χ4v) is 3.96. The molecule has 27 heavy (non-hydrogen) atoms. The summed E-state index contributed by atoms with van der Waals surface area (Å²) in [6.07, 6.45) is 10.1. The number of carbonyl (C=O) groups excluding carboxylic acids is 2. The van der Waals surface area contributed by atoms with Crippen LogP contribution in [0.5, 0.6) is 0 Å². The Morgan fingerprint density at radius 1 is 1.04 bits per heavy atom. The molecule has 1 aliphatic rings. The highest BCUT2D eigenvalue weighted by molar-refractivity contribution is 5.97. The zero-order chi connectivity index (χ0) is 19.6. The van der Waals surface area contributed by atoms with Gasteiger partial charge in [-0.2, -0.15) is 0 Å². The molecule has 0 radical (unpaired) electrons. The molecule has 3 heteroatoms. The minimum absolute atomic E-state index is 0.0293. The van der Waals surface area contributed by atoms with Gasteiger partial charge in [-0.25, -0.2) is 0 Å². The van der Waals surface area contributed by atoms with Crippen LogP contribution in [0.3, 0.4) is 0 Å². The number of ketones is 1. The Morgan fingerprint density at radius 3 is 2.37 bits per heavy atom. The maximum absolute atomic E-state index is 12.4. The average Bonchev–Trinajstić information content (AvgIpc) is 2.70. The van der Waals surface area contributed by atoms with Crippen LogP contribution in [-0.2, 0) is 4.79 Å². The zero-order valence-electron chi connectivity index (χ0n) is 17.5. The van der Waals surface area contributed by atoms with Crippen LogP contribution in [0.1, 0.15) is 100 Å². The van der Waals surface area contributed by atoms with Gasteiger partial charge in [0, 0.05) is 31.0 Å². The summed E-state index contributed by atoms with van der Waals surface area (Å²) >= 11 is 0. The summed E-state index contributed by atoms with van der Waals surface area (Å²) in [6.45, 7) is 7.82. The molecular formula is C24H37NO2. The van der Waals surface area contributed by atoms with Crippen molar-refractivity contribution in [2.24, 2.45) is 5.92 Å². The fraction of sp³-hybridized carbons (Fsp3) is 0.667. The van der Waals surface area contributed by atoms with Gasteiger partial charge < -0.3 is 4.90 Å². The van der Waals surface area contributed by atoms with E-state index in [4.69, 9.17) is 0 Å². The first kappa shape index (κ1) is 21.7. The van der Waals surface area contributed by atoms with Crippen LogP contribution in [-0.4, -0.2) is 29.7 Å². The minimum Gasteiger partial charge on any atom is -0.343 e. The quantitative estimate of drug-likeness (QED) is 0.375. The van der Waals surface area contributed by atoms with E-state index in [-0.39, 0.29) is 11.7 Å². The molecule has 0 spiro atoms. The molecule has 0 bridgehead atoms. The lowest BCUT2D eigenvalue weighted by atomic mass is 9.87. The molecule has 1 heterocycles. The molecule has 1 fully saturated rings. The first-order valence-corrected chi connectivity index (χ1v) is 10.9. The highest BCUT2D eigenvalue weighted by Gasteiger charge is 2.24. The molecule has 0 saturated carbocycles. The Morgan fingerprint density at radius 2 is 1.70 bits per heavy atom. The highest BCUT2D eigenvalue weighted by atomic mass is 16.2. The van der Waals surface area contributed by atoms with E-state index in [1.54, 1.807) is 0 Å². The molecule has 0 atom stereocenters. The summed E-state index contributed by atoms with van der Waals surface area (Å²) in [5.41, 5.74) is 2.08. The molecule has 1 saturated heterocycles. The minimum atomic E-state index is 0.0293. The van der Waals surface area contributed by atoms with Crippen molar-refractivity contribution >= 4 is 11.7 Å². The number of amides is 1. The van der Waals surface area contributed by atoms with Crippen molar-refractivity contribution in [1.29, 1.82) is 0 Å². The number of hydrogen-bond acceptors (Lipinski definition) is 2. The molecule has 1 aromatic rings. The number of hydrogen-bond donors (Lipinski definition) is 0. The number of likely N-dealkylation sites (tertiary alicyclic amines) is 1. The van der Waals surface area contributed by atoms with Crippen molar-refractivity contribution in [2.45, 2.75) is 84.5 Å². The molecule has 150 valence electrons. The molecule has 0 aliphatic carbocycles. The Balaban J connectivity index is 1.77. The lowest BCUT2D eigenvalue weighted by Gasteiger charge is -2.32. The second-order valence-corrected chi connectivity index (χ2v) is 8.32. The summed E-state index contributed by atoms with van der Waals surface area (Å²) in [4.78, 5) is 26.7. The Kier molecular flexibility index (Phi) is 9.03. The third-order valence-electron chi connectivity index (χ3n) is 5.76. The van der Waals surface area contributed by atoms with Gasteiger partial charge in [0.1, 0.15) is 0 Å². The molecule has 1 amide bonds. The summed E-state index contributed by atoms with van der Waals surface area (Å²) in [5, 5.41) is 0. The van der Waals surface area contributed by atoms with Gasteiger partial charge in [0.25, 0.3) is 0 Å². The Hall–Kier alpha value is -1.64. The van der Waals surface area contributed by atoms with Gasteiger partial charge in [0.05, 0.1) is 0 Å². The molecule has 0 aromatic heterocycles. The van der Waals surface area contributed by atoms with Gasteiger partial charge in [-0.15, -0.1) is 0 Å². The van der Waals surface area contributed by atoms with Gasteiger partial charge in [-0.05, 0) is 36.8 Å². The van der Waals surface area contributed by atoms with Crippen LogP contribution in [0, 0.1) is 5.92 Å². The summed E-state index contributed by atoms with van der Waals surface area (Å²) in [5.74, 6) is 1.03. The SMILES string of the molecule is CCCCCCCCC(=O)N1CCC(c2cccc(C(=O)C(C)C)c2)CC1. The van der Waals surface area contributed by atoms with E-state index in [9.17, 15) is 9.59 Å². The molecule has 1 aromatic carbocycles. The van der Waals surface area contributed by atoms with Gasteiger partial charge in [-0.3, -0.25) is 9.59 Å². The topological polar surface area (TPSA) is 37.4 Å². The first-order valence-electron chi connectivity index (χ1n) is 10.9. The number of benzene rings is 1. The maximum Gasteiger partial charge on any atom is 0.222 e. The number of carbonyl (C=O) groups is 2. The normalized spacial score (nSPS) is 15.3. The second-order valence-electron chi connectivity index (χ2n) is 8.32. The monoisotopic (exact) mass is 371 g/mol. The Bertz CT molecular complexity index is 600. The highest BCUT2D eigenvalue weighted by Crippen LogP contribution is 2.29. The van der Waals surface area contributed by atoms with Gasteiger partial charge in [-0.1, -0.05) is 71.1 Å². The predicted octanol–water partition coefficient (Wildman–Crippen LogP) is 5.98. The Labute approximate surface area is 165 Å². The van der Waals surface area contributed by atoms with E-state index in [2.05, 4.69) is 19.1 Å². The number of rotatable bonds is 10. The van der Waals surface area contributed by atoms with Crippen molar-refractivity contribution < 1.29 is 9.59 Å². The third kappa shape index (κ3) is 6.79. The maximum atomic E-state index is 12.4. The van der Waals surface area contributed by atoms with Crippen molar-refractivity contribution in [2.75, 3.05) is 13.1 Å². The average molecular weight is 372 g/mol. The standard InChI is InChI=1S/C24H37NO2/c1-4-5-6-7-8-9-13-23(26)25-16-14-20(15-17-25)21-11-10-12-22(18-21)24(27)19(2)3/h10-12,18-20H,4-9,13-17H2,1-3H3. The van der Waals surface area contributed by atoms with Crippen molar-refractivity contribution in [3.05, 3.63) is 35.4 Å². The lowest BCUT2D eigenvalue weighted by molar-refractivity contribution is -0.132. The van der Waals surface area contributed by atoms with Crippen LogP contribution < -0.4 is 0 Å². The lowest BCUT2D eigenvalue weighted by Crippen LogP contribution is -2.37. The van der Waals surface area contributed by atoms with E-state index in [1.807, 2.05) is 30.9 Å². The third-order valence-corrected chi connectivity index (χ3v) is 5.76.